The number of hydrogen-bond donors (Lipinski definition) is 1. The minimum absolute atomic E-state index is 0.0704. The molecule has 96 valence electrons. The van der Waals surface area contributed by atoms with Gasteiger partial charge < -0.3 is 9.73 Å². The molecule has 3 nitrogen and oxygen atoms in total. The smallest absolute Gasteiger partial charge is 0.174 e. The molecule has 0 bridgehead atoms. The van der Waals surface area contributed by atoms with E-state index in [0.29, 0.717) is 0 Å². The van der Waals surface area contributed by atoms with Crippen LogP contribution in [0.4, 0.5) is 0 Å². The highest BCUT2D eigenvalue weighted by molar-refractivity contribution is 9.10. The van der Waals surface area contributed by atoms with E-state index in [4.69, 9.17) is 4.42 Å². The summed E-state index contributed by atoms with van der Waals surface area (Å²) in [7, 11) is 1.94. The fraction of sp³-hybridized carbons (Fsp3) is 0.133. The van der Waals surface area contributed by atoms with Crippen LogP contribution in [0.25, 0.3) is 10.8 Å². The molecule has 1 aromatic carbocycles. The van der Waals surface area contributed by atoms with E-state index in [1.165, 1.54) is 10.9 Å². The topological polar surface area (TPSA) is 38.1 Å². The lowest BCUT2D eigenvalue weighted by Crippen LogP contribution is -2.17. The van der Waals surface area contributed by atoms with Crippen LogP contribution in [0.3, 0.4) is 0 Å². The number of fused-ring (bicyclic) bond motifs is 1. The molecule has 0 aliphatic heterocycles. The van der Waals surface area contributed by atoms with Crippen LogP contribution in [0.5, 0.6) is 0 Å². The molecule has 0 saturated carbocycles. The van der Waals surface area contributed by atoms with Crippen LogP contribution in [0.1, 0.15) is 17.2 Å². The molecule has 1 N–H and O–H groups in total. The van der Waals surface area contributed by atoms with E-state index in [0.717, 1.165) is 15.6 Å². The van der Waals surface area contributed by atoms with Crippen LogP contribution >= 0.6 is 15.9 Å². The third kappa shape index (κ3) is 2.17. The van der Waals surface area contributed by atoms with E-state index in [-0.39, 0.29) is 6.04 Å². The van der Waals surface area contributed by atoms with Gasteiger partial charge in [-0.3, -0.25) is 4.98 Å². The van der Waals surface area contributed by atoms with Gasteiger partial charge in [0.2, 0.25) is 0 Å². The summed E-state index contributed by atoms with van der Waals surface area (Å²) in [5.74, 6) is 0. The van der Waals surface area contributed by atoms with Gasteiger partial charge in [-0.1, -0.05) is 18.2 Å². The average Bonchev–Trinajstić information content (AvgIpc) is 2.86. The summed E-state index contributed by atoms with van der Waals surface area (Å²) in [5.41, 5.74) is 2.27. The summed E-state index contributed by atoms with van der Waals surface area (Å²) >= 11 is 3.45. The van der Waals surface area contributed by atoms with Gasteiger partial charge in [-0.25, -0.2) is 0 Å². The van der Waals surface area contributed by atoms with E-state index in [1.54, 1.807) is 6.26 Å². The Morgan fingerprint density at radius 2 is 2.11 bits per heavy atom. The number of nitrogens with zero attached hydrogens (tertiary/aromatic N) is 1. The second kappa shape index (κ2) is 5.15. The molecule has 19 heavy (non-hydrogen) atoms. The first-order chi connectivity index (χ1) is 9.31. The minimum atomic E-state index is 0.0704. The second-order valence-electron chi connectivity index (χ2n) is 4.32. The lowest BCUT2D eigenvalue weighted by atomic mass is 9.96. The van der Waals surface area contributed by atoms with Gasteiger partial charge in [-0.15, -0.1) is 0 Å². The number of nitrogens with one attached hydrogen (secondary N) is 1. The van der Waals surface area contributed by atoms with Gasteiger partial charge >= 0.3 is 0 Å². The first-order valence-electron chi connectivity index (χ1n) is 6.04. The molecule has 0 amide bonds. The number of hydrogen-bond acceptors (Lipinski definition) is 3. The number of benzene rings is 1. The van der Waals surface area contributed by atoms with Crippen molar-refractivity contribution in [3.63, 3.8) is 0 Å². The normalized spacial score (nSPS) is 12.7. The maximum Gasteiger partial charge on any atom is 0.174 e. The predicted molar refractivity (Wildman–Crippen MR) is 79.1 cm³/mol. The summed E-state index contributed by atoms with van der Waals surface area (Å²) in [6.45, 7) is 0. The van der Waals surface area contributed by atoms with Gasteiger partial charge in [0.15, 0.2) is 4.67 Å². The maximum atomic E-state index is 5.34. The second-order valence-corrected chi connectivity index (χ2v) is 5.04. The van der Waals surface area contributed by atoms with Crippen LogP contribution < -0.4 is 5.32 Å². The lowest BCUT2D eigenvalue weighted by molar-refractivity contribution is 0.530. The van der Waals surface area contributed by atoms with Crippen molar-refractivity contribution in [1.82, 2.24) is 10.3 Å². The quantitative estimate of drug-likeness (QED) is 0.796. The SMILES string of the molecule is CNC(c1ccoc1Br)c1cccc2ccncc12. The molecular formula is C15H13BrN2O. The summed E-state index contributed by atoms with van der Waals surface area (Å²) in [4.78, 5) is 4.23. The van der Waals surface area contributed by atoms with Crippen LogP contribution in [-0.4, -0.2) is 12.0 Å². The van der Waals surface area contributed by atoms with Gasteiger partial charge in [0, 0.05) is 23.3 Å². The van der Waals surface area contributed by atoms with Crippen LogP contribution in [0.15, 0.2) is 58.1 Å². The summed E-state index contributed by atoms with van der Waals surface area (Å²) in [6, 6.07) is 10.3. The Bertz CT molecular complexity index is 703. The highest BCUT2D eigenvalue weighted by Crippen LogP contribution is 2.32. The fourth-order valence-corrected chi connectivity index (χ4v) is 2.85. The van der Waals surface area contributed by atoms with Gasteiger partial charge in [0.1, 0.15) is 0 Å². The summed E-state index contributed by atoms with van der Waals surface area (Å²) in [5, 5.41) is 5.67. The molecule has 0 saturated heterocycles. The molecule has 4 heteroatoms. The Kier molecular flexibility index (Phi) is 3.36. The van der Waals surface area contributed by atoms with Crippen molar-refractivity contribution in [2.75, 3.05) is 7.05 Å². The van der Waals surface area contributed by atoms with Crippen molar-refractivity contribution in [2.45, 2.75) is 6.04 Å². The van der Waals surface area contributed by atoms with Crippen molar-refractivity contribution in [3.8, 4) is 0 Å². The molecule has 1 unspecified atom stereocenters. The van der Waals surface area contributed by atoms with E-state index < -0.39 is 0 Å². The molecule has 1 atom stereocenters. The molecule has 2 aromatic heterocycles. The Morgan fingerprint density at radius 1 is 1.21 bits per heavy atom. The van der Waals surface area contributed by atoms with E-state index >= 15 is 0 Å². The highest BCUT2D eigenvalue weighted by atomic mass is 79.9. The van der Waals surface area contributed by atoms with Crippen molar-refractivity contribution in [1.29, 1.82) is 0 Å². The van der Waals surface area contributed by atoms with Crippen LogP contribution in [0.2, 0.25) is 0 Å². The van der Waals surface area contributed by atoms with Crippen molar-refractivity contribution >= 4 is 26.7 Å². The first kappa shape index (κ1) is 12.4. The standard InChI is InChI=1S/C15H13BrN2O/c1-17-14(12-6-8-19-15(12)16)11-4-2-3-10-5-7-18-9-13(10)11/h2-9,14,17H,1H3. The monoisotopic (exact) mass is 316 g/mol. The van der Waals surface area contributed by atoms with E-state index in [2.05, 4.69) is 44.4 Å². The largest absolute Gasteiger partial charge is 0.457 e. The van der Waals surface area contributed by atoms with Gasteiger partial charge in [-0.05, 0) is 46.1 Å². The minimum Gasteiger partial charge on any atom is -0.457 e. The van der Waals surface area contributed by atoms with Crippen molar-refractivity contribution in [3.05, 3.63) is 64.8 Å². The molecular weight excluding hydrogens is 304 g/mol. The average molecular weight is 317 g/mol. The van der Waals surface area contributed by atoms with Gasteiger partial charge in [0.25, 0.3) is 0 Å². The molecule has 0 radical (unpaired) electrons. The number of furan rings is 1. The van der Waals surface area contributed by atoms with Crippen LogP contribution in [0, 0.1) is 0 Å². The number of pyridine rings is 1. The molecule has 0 fully saturated rings. The zero-order chi connectivity index (χ0) is 13.2. The predicted octanol–water partition coefficient (Wildman–Crippen LogP) is 3.90. The number of rotatable bonds is 3. The van der Waals surface area contributed by atoms with Crippen molar-refractivity contribution < 1.29 is 4.42 Å². The maximum absolute atomic E-state index is 5.34. The number of halogens is 1. The molecule has 0 aliphatic carbocycles. The Morgan fingerprint density at radius 3 is 2.84 bits per heavy atom. The van der Waals surface area contributed by atoms with Crippen molar-refractivity contribution in [2.24, 2.45) is 0 Å². The van der Waals surface area contributed by atoms with E-state index in [9.17, 15) is 0 Å². The zero-order valence-corrected chi connectivity index (χ0v) is 12.0. The summed E-state index contributed by atoms with van der Waals surface area (Å²) in [6.07, 6.45) is 5.41. The van der Waals surface area contributed by atoms with E-state index in [1.807, 2.05) is 31.6 Å². The van der Waals surface area contributed by atoms with Gasteiger partial charge in [-0.2, -0.15) is 0 Å². The van der Waals surface area contributed by atoms with Gasteiger partial charge in [0.05, 0.1) is 12.3 Å². The summed E-state index contributed by atoms with van der Waals surface area (Å²) < 4.78 is 6.10. The lowest BCUT2D eigenvalue weighted by Gasteiger charge is -2.17. The Balaban J connectivity index is 2.20. The third-order valence-electron chi connectivity index (χ3n) is 3.27. The molecule has 3 aromatic rings. The molecule has 3 rings (SSSR count). The van der Waals surface area contributed by atoms with Crippen LogP contribution in [-0.2, 0) is 0 Å². The highest BCUT2D eigenvalue weighted by Gasteiger charge is 2.18. The Hall–Kier alpha value is -1.65. The molecule has 0 spiro atoms. The first-order valence-corrected chi connectivity index (χ1v) is 6.83. The number of aromatic nitrogens is 1. The molecule has 2 heterocycles. The fourth-order valence-electron chi connectivity index (χ4n) is 2.38. The third-order valence-corrected chi connectivity index (χ3v) is 3.92. The Labute approximate surface area is 119 Å². The molecule has 0 aliphatic rings. The zero-order valence-electron chi connectivity index (χ0n) is 10.4.